The Morgan fingerprint density at radius 2 is 1.97 bits per heavy atom. The molecular weight excluding hydrogens is 384 g/mol. The molecule has 1 aliphatic carbocycles. The highest BCUT2D eigenvalue weighted by Gasteiger charge is 2.29. The maximum absolute atomic E-state index is 12.8. The molecule has 0 bridgehead atoms. The second-order valence-corrected chi connectivity index (χ2v) is 7.61. The molecule has 4 rings (SSSR count). The summed E-state index contributed by atoms with van der Waals surface area (Å²) < 4.78 is 3.25. The maximum atomic E-state index is 12.8. The van der Waals surface area contributed by atoms with E-state index >= 15 is 0 Å². The van der Waals surface area contributed by atoms with Gasteiger partial charge in [0.05, 0.1) is 12.6 Å². The van der Waals surface area contributed by atoms with Gasteiger partial charge < -0.3 is 10.6 Å². The van der Waals surface area contributed by atoms with E-state index in [1.165, 1.54) is 4.57 Å². The lowest BCUT2D eigenvalue weighted by Gasteiger charge is -2.26. The van der Waals surface area contributed by atoms with E-state index in [1.54, 1.807) is 0 Å². The number of hydrogen-bond donors (Lipinski definition) is 2. The number of hydrogen-bond acceptors (Lipinski definition) is 7. The number of nitrogens with one attached hydrogen (secondary N) is 1. The van der Waals surface area contributed by atoms with Gasteiger partial charge >= 0.3 is 5.69 Å². The first-order valence-electron chi connectivity index (χ1n) is 10.3. The highest BCUT2D eigenvalue weighted by atomic mass is 16.2. The first-order valence-corrected chi connectivity index (χ1v) is 10.3. The molecule has 10 heteroatoms. The molecule has 158 valence electrons. The molecule has 3 N–H and O–H groups in total. The van der Waals surface area contributed by atoms with Gasteiger partial charge in [0.25, 0.3) is 5.56 Å². The van der Waals surface area contributed by atoms with Gasteiger partial charge in [0.1, 0.15) is 11.5 Å². The zero-order valence-electron chi connectivity index (χ0n) is 17.0. The topological polar surface area (TPSA) is 128 Å². The third-order valence-electron chi connectivity index (χ3n) is 5.27. The number of nitrogens with zero attached hydrogens (tertiary/aromatic N) is 6. The van der Waals surface area contributed by atoms with E-state index in [9.17, 15) is 9.59 Å². The summed E-state index contributed by atoms with van der Waals surface area (Å²) in [7, 11) is 0. The number of benzene rings is 1. The van der Waals surface area contributed by atoms with E-state index in [4.69, 9.17) is 5.73 Å². The van der Waals surface area contributed by atoms with E-state index in [1.807, 2.05) is 46.8 Å². The summed E-state index contributed by atoms with van der Waals surface area (Å²) in [6, 6.07) is 10.1. The standard InChI is InChI=1S/C20H26N8O2/c1-2-3-11-27-18(21)17(19(29)22-20(27)30)26(12-14-7-5-4-6-8-14)13-16-23-24-25-28(16)15-9-10-15/h4-8,15H,2-3,9-13,21H2,1H3,(H,22,29,30). The lowest BCUT2D eigenvalue weighted by molar-refractivity contribution is 0.570. The van der Waals surface area contributed by atoms with Crippen LogP contribution in [0, 0.1) is 0 Å². The van der Waals surface area contributed by atoms with Crippen molar-refractivity contribution in [2.75, 3.05) is 10.6 Å². The molecule has 1 fully saturated rings. The normalized spacial score (nSPS) is 13.5. The molecule has 2 heterocycles. The molecule has 0 radical (unpaired) electrons. The van der Waals surface area contributed by atoms with Crippen molar-refractivity contribution in [1.29, 1.82) is 0 Å². The van der Waals surface area contributed by atoms with Crippen LogP contribution in [0.25, 0.3) is 0 Å². The van der Waals surface area contributed by atoms with Crippen LogP contribution in [0.4, 0.5) is 11.5 Å². The number of aromatic nitrogens is 6. The summed E-state index contributed by atoms with van der Waals surface area (Å²) in [6.45, 7) is 3.21. The molecule has 1 aliphatic rings. The summed E-state index contributed by atoms with van der Waals surface area (Å²) >= 11 is 0. The first kappa shape index (κ1) is 19.9. The lowest BCUT2D eigenvalue weighted by Crippen LogP contribution is -2.38. The Morgan fingerprint density at radius 3 is 2.67 bits per heavy atom. The number of nitrogen functional groups attached to an aromatic ring is 1. The van der Waals surface area contributed by atoms with E-state index in [0.717, 1.165) is 31.2 Å². The van der Waals surface area contributed by atoms with Gasteiger partial charge in [-0.2, -0.15) is 0 Å². The van der Waals surface area contributed by atoms with Crippen molar-refractivity contribution in [1.82, 2.24) is 29.8 Å². The predicted octanol–water partition coefficient (Wildman–Crippen LogP) is 1.45. The molecule has 3 aromatic rings. The fraction of sp³-hybridized carbons (Fsp3) is 0.450. The van der Waals surface area contributed by atoms with Gasteiger partial charge in [-0.3, -0.25) is 14.3 Å². The van der Waals surface area contributed by atoms with Gasteiger partial charge in [0.2, 0.25) is 0 Å². The van der Waals surface area contributed by atoms with Crippen LogP contribution in [-0.4, -0.2) is 29.8 Å². The molecular formula is C20H26N8O2. The van der Waals surface area contributed by atoms with Crippen molar-refractivity contribution in [3.63, 3.8) is 0 Å². The third kappa shape index (κ3) is 4.12. The molecule has 0 saturated heterocycles. The Hall–Kier alpha value is -3.43. The minimum Gasteiger partial charge on any atom is -0.383 e. The van der Waals surface area contributed by atoms with Crippen molar-refractivity contribution in [3.05, 3.63) is 62.6 Å². The minimum absolute atomic E-state index is 0.165. The van der Waals surface area contributed by atoms with Crippen molar-refractivity contribution in [3.8, 4) is 0 Å². The molecule has 30 heavy (non-hydrogen) atoms. The number of nitrogens with two attached hydrogens (primary N) is 1. The fourth-order valence-corrected chi connectivity index (χ4v) is 3.53. The van der Waals surface area contributed by atoms with Crippen molar-refractivity contribution < 1.29 is 0 Å². The number of rotatable bonds is 9. The molecule has 0 amide bonds. The zero-order chi connectivity index (χ0) is 21.1. The molecule has 1 aromatic carbocycles. The number of tetrazole rings is 1. The quantitative estimate of drug-likeness (QED) is 0.546. The van der Waals surface area contributed by atoms with Crippen LogP contribution in [0.3, 0.4) is 0 Å². The summed E-state index contributed by atoms with van der Waals surface area (Å²) in [5, 5.41) is 12.1. The van der Waals surface area contributed by atoms with E-state index in [2.05, 4.69) is 20.5 Å². The average Bonchev–Trinajstić information content (AvgIpc) is 3.47. The van der Waals surface area contributed by atoms with Gasteiger partial charge in [0, 0.05) is 13.1 Å². The maximum Gasteiger partial charge on any atom is 0.330 e. The van der Waals surface area contributed by atoms with Gasteiger partial charge in [-0.15, -0.1) is 5.10 Å². The van der Waals surface area contributed by atoms with E-state index < -0.39 is 11.2 Å². The predicted molar refractivity (Wildman–Crippen MR) is 113 cm³/mol. The Kier molecular flexibility index (Phi) is 5.64. The second kappa shape index (κ2) is 8.52. The van der Waals surface area contributed by atoms with Crippen LogP contribution in [0.15, 0.2) is 39.9 Å². The third-order valence-corrected chi connectivity index (χ3v) is 5.27. The molecule has 10 nitrogen and oxygen atoms in total. The van der Waals surface area contributed by atoms with Gasteiger partial charge in [0.15, 0.2) is 5.82 Å². The Morgan fingerprint density at radius 1 is 1.20 bits per heavy atom. The summed E-state index contributed by atoms with van der Waals surface area (Å²) in [4.78, 5) is 29.4. The van der Waals surface area contributed by atoms with E-state index in [0.29, 0.717) is 31.5 Å². The second-order valence-electron chi connectivity index (χ2n) is 7.61. The van der Waals surface area contributed by atoms with Gasteiger partial charge in [-0.25, -0.2) is 9.48 Å². The lowest BCUT2D eigenvalue weighted by atomic mass is 10.2. The van der Waals surface area contributed by atoms with Crippen LogP contribution in [0.5, 0.6) is 0 Å². The smallest absolute Gasteiger partial charge is 0.330 e. The van der Waals surface area contributed by atoms with Crippen molar-refractivity contribution in [2.24, 2.45) is 0 Å². The molecule has 0 atom stereocenters. The van der Waals surface area contributed by atoms with Gasteiger partial charge in [-0.1, -0.05) is 43.7 Å². The number of H-pyrrole nitrogens is 1. The van der Waals surface area contributed by atoms with Crippen LogP contribution in [0.1, 0.15) is 50.0 Å². The van der Waals surface area contributed by atoms with Crippen molar-refractivity contribution >= 4 is 11.5 Å². The number of unbranched alkanes of at least 4 members (excludes halogenated alkanes) is 1. The van der Waals surface area contributed by atoms with Crippen LogP contribution in [-0.2, 0) is 19.6 Å². The monoisotopic (exact) mass is 410 g/mol. The SMILES string of the molecule is CCCCn1c(N)c(N(Cc2ccccc2)Cc2nnnn2C2CC2)c(=O)[nH]c1=O. The summed E-state index contributed by atoms with van der Waals surface area (Å²) in [5.74, 6) is 0.831. The van der Waals surface area contributed by atoms with Gasteiger partial charge in [-0.05, 0) is 35.3 Å². The largest absolute Gasteiger partial charge is 0.383 e. The minimum atomic E-state index is -0.508. The molecule has 0 spiro atoms. The summed E-state index contributed by atoms with van der Waals surface area (Å²) in [5.41, 5.74) is 6.64. The summed E-state index contributed by atoms with van der Waals surface area (Å²) in [6.07, 6.45) is 3.78. The highest BCUT2D eigenvalue weighted by molar-refractivity contribution is 5.62. The van der Waals surface area contributed by atoms with Crippen LogP contribution >= 0.6 is 0 Å². The van der Waals surface area contributed by atoms with Crippen LogP contribution in [0.2, 0.25) is 0 Å². The molecule has 1 saturated carbocycles. The van der Waals surface area contributed by atoms with Crippen LogP contribution < -0.4 is 21.9 Å². The Labute approximate surface area is 173 Å². The Balaban J connectivity index is 1.76. The van der Waals surface area contributed by atoms with Crippen molar-refractivity contribution in [2.45, 2.75) is 58.3 Å². The Bertz CT molecular complexity index is 1110. The number of anilines is 2. The first-order chi connectivity index (χ1) is 14.6. The van der Waals surface area contributed by atoms with E-state index in [-0.39, 0.29) is 11.5 Å². The average molecular weight is 410 g/mol. The number of aromatic amines is 1. The zero-order valence-corrected chi connectivity index (χ0v) is 17.0. The molecule has 2 aromatic heterocycles. The molecule has 0 aliphatic heterocycles. The highest BCUT2D eigenvalue weighted by Crippen LogP contribution is 2.35. The molecule has 0 unspecified atom stereocenters. The fourth-order valence-electron chi connectivity index (χ4n) is 3.53.